The van der Waals surface area contributed by atoms with E-state index < -0.39 is 0 Å². The number of methoxy groups -OCH3 is 1. The molecule has 1 N–H and O–H groups in total. The van der Waals surface area contributed by atoms with Crippen LogP contribution in [-0.4, -0.2) is 18.0 Å². The summed E-state index contributed by atoms with van der Waals surface area (Å²) in [5.41, 5.74) is 0.436. The number of aliphatic hydroxyl groups excluding tert-OH is 1. The van der Waals surface area contributed by atoms with Crippen LogP contribution >= 0.6 is 0 Å². The van der Waals surface area contributed by atoms with Crippen molar-refractivity contribution in [2.24, 2.45) is 10.2 Å². The highest BCUT2D eigenvalue weighted by molar-refractivity contribution is 5.93. The third kappa shape index (κ3) is 3.41. The summed E-state index contributed by atoms with van der Waals surface area (Å²) in [5.74, 6) is 0.0505. The van der Waals surface area contributed by atoms with Gasteiger partial charge in [0.15, 0.2) is 11.5 Å². The van der Waals surface area contributed by atoms with Crippen molar-refractivity contribution in [2.45, 2.75) is 13.8 Å². The number of allylic oxidation sites excluding steroid dienone is 2. The zero-order chi connectivity index (χ0) is 12.8. The molecular formula is C12H14N2O3. The van der Waals surface area contributed by atoms with E-state index in [9.17, 15) is 9.90 Å². The van der Waals surface area contributed by atoms with Crippen molar-refractivity contribution < 1.29 is 14.6 Å². The van der Waals surface area contributed by atoms with Gasteiger partial charge in [0.2, 0.25) is 0 Å². The maximum absolute atomic E-state index is 11.2. The van der Waals surface area contributed by atoms with E-state index in [4.69, 9.17) is 4.74 Å². The van der Waals surface area contributed by atoms with E-state index in [1.54, 1.807) is 24.3 Å². The minimum absolute atomic E-state index is 0.0593. The van der Waals surface area contributed by atoms with Gasteiger partial charge in [-0.25, -0.2) is 0 Å². The number of hydrogen-bond acceptors (Lipinski definition) is 5. The number of nitrogens with zero attached hydrogens (tertiary/aromatic N) is 2. The lowest BCUT2D eigenvalue weighted by Gasteiger charge is -2.02. The molecule has 0 saturated carbocycles. The van der Waals surface area contributed by atoms with Crippen LogP contribution in [0.2, 0.25) is 0 Å². The van der Waals surface area contributed by atoms with Crippen molar-refractivity contribution >= 4 is 11.5 Å². The fourth-order valence-electron chi connectivity index (χ4n) is 1.21. The maximum atomic E-state index is 11.2. The van der Waals surface area contributed by atoms with Gasteiger partial charge in [-0.2, -0.15) is 0 Å². The molecule has 0 bridgehead atoms. The number of carbonyl (C=O) groups excluding carboxylic acids is 1. The van der Waals surface area contributed by atoms with Gasteiger partial charge >= 0.3 is 0 Å². The van der Waals surface area contributed by atoms with Crippen molar-refractivity contribution in [3.63, 3.8) is 0 Å². The summed E-state index contributed by atoms with van der Waals surface area (Å²) in [7, 11) is 1.52. The van der Waals surface area contributed by atoms with Gasteiger partial charge in [-0.15, -0.1) is 10.2 Å². The first kappa shape index (κ1) is 12.9. The highest BCUT2D eigenvalue weighted by atomic mass is 16.5. The number of azo groups is 1. The fraction of sp³-hybridized carbons (Fsp3) is 0.250. The summed E-state index contributed by atoms with van der Waals surface area (Å²) in [4.78, 5) is 11.2. The van der Waals surface area contributed by atoms with Crippen molar-refractivity contribution in [1.82, 2.24) is 0 Å². The Hall–Kier alpha value is -2.17. The molecule has 5 nitrogen and oxygen atoms in total. The summed E-state index contributed by atoms with van der Waals surface area (Å²) in [5, 5.41) is 16.9. The van der Waals surface area contributed by atoms with Crippen molar-refractivity contribution in [3.05, 3.63) is 35.7 Å². The van der Waals surface area contributed by atoms with E-state index in [2.05, 4.69) is 10.2 Å². The molecule has 17 heavy (non-hydrogen) atoms. The molecule has 0 heterocycles. The number of Topliss-reactive ketones (excluding diaryl/α,β-unsaturated/α-hetero) is 1. The van der Waals surface area contributed by atoms with Crippen LogP contribution in [0.15, 0.2) is 46.0 Å². The van der Waals surface area contributed by atoms with Crippen LogP contribution in [0.5, 0.6) is 5.75 Å². The molecule has 0 aliphatic heterocycles. The molecule has 0 radical (unpaired) electrons. The number of carbonyl (C=O) groups is 1. The van der Waals surface area contributed by atoms with Crippen molar-refractivity contribution in [3.8, 4) is 5.75 Å². The lowest BCUT2D eigenvalue weighted by atomic mass is 10.3. The van der Waals surface area contributed by atoms with Crippen LogP contribution in [0.25, 0.3) is 0 Å². The quantitative estimate of drug-likeness (QED) is 0.494. The SMILES string of the molecule is COc1ccccc1N=N/C(C(C)=O)=C(\C)O. The third-order valence-electron chi connectivity index (χ3n) is 2.02. The van der Waals surface area contributed by atoms with Crippen LogP contribution < -0.4 is 4.74 Å². The third-order valence-corrected chi connectivity index (χ3v) is 2.02. The lowest BCUT2D eigenvalue weighted by molar-refractivity contribution is -0.113. The highest BCUT2D eigenvalue weighted by Gasteiger charge is 2.07. The maximum Gasteiger partial charge on any atom is 0.183 e. The largest absolute Gasteiger partial charge is 0.510 e. The molecule has 0 aromatic heterocycles. The summed E-state index contributed by atoms with van der Waals surface area (Å²) in [6, 6.07) is 7.01. The normalized spacial score (nSPS) is 12.4. The van der Waals surface area contributed by atoms with Gasteiger partial charge in [0.25, 0.3) is 0 Å². The van der Waals surface area contributed by atoms with Crippen LogP contribution in [0.3, 0.4) is 0 Å². The summed E-state index contributed by atoms with van der Waals surface area (Å²) in [6.45, 7) is 2.70. The Labute approximate surface area is 99.4 Å². The second-order valence-electron chi connectivity index (χ2n) is 3.36. The molecule has 0 aliphatic rings. The van der Waals surface area contributed by atoms with Gasteiger partial charge in [0.1, 0.15) is 17.2 Å². The average molecular weight is 234 g/mol. The topological polar surface area (TPSA) is 71.2 Å². The molecule has 0 fully saturated rings. The number of rotatable bonds is 4. The minimum atomic E-state index is -0.344. The van der Waals surface area contributed by atoms with Gasteiger partial charge in [-0.3, -0.25) is 4.79 Å². The molecule has 90 valence electrons. The smallest absolute Gasteiger partial charge is 0.183 e. The van der Waals surface area contributed by atoms with E-state index in [0.717, 1.165) is 0 Å². The molecule has 1 aromatic rings. The van der Waals surface area contributed by atoms with Crippen LogP contribution in [0.1, 0.15) is 13.8 Å². The van der Waals surface area contributed by atoms with Crippen molar-refractivity contribution in [1.29, 1.82) is 0 Å². The van der Waals surface area contributed by atoms with Crippen molar-refractivity contribution in [2.75, 3.05) is 7.11 Å². The van der Waals surface area contributed by atoms with Crippen LogP contribution in [-0.2, 0) is 4.79 Å². The first-order valence-electron chi connectivity index (χ1n) is 5.01. The Morgan fingerprint density at radius 3 is 2.47 bits per heavy atom. The Balaban J connectivity index is 3.05. The second-order valence-corrected chi connectivity index (χ2v) is 3.36. The monoisotopic (exact) mass is 234 g/mol. The predicted molar refractivity (Wildman–Crippen MR) is 63.5 cm³/mol. The second kappa shape index (κ2) is 5.79. The number of ether oxygens (including phenoxy) is 1. The number of aliphatic hydroxyl groups is 1. The zero-order valence-electron chi connectivity index (χ0n) is 9.97. The van der Waals surface area contributed by atoms with Gasteiger partial charge in [-0.05, 0) is 19.1 Å². The predicted octanol–water partition coefficient (Wildman–Crippen LogP) is 3.16. The highest BCUT2D eigenvalue weighted by Crippen LogP contribution is 2.27. The van der Waals surface area contributed by atoms with Crippen LogP contribution in [0, 0.1) is 0 Å². The number of para-hydroxylation sites is 1. The Morgan fingerprint density at radius 2 is 1.94 bits per heavy atom. The number of ketones is 1. The Bertz CT molecular complexity index is 474. The van der Waals surface area contributed by atoms with E-state index in [-0.39, 0.29) is 17.2 Å². The molecule has 5 heteroatoms. The van der Waals surface area contributed by atoms with E-state index in [0.29, 0.717) is 11.4 Å². The van der Waals surface area contributed by atoms with Gasteiger partial charge < -0.3 is 9.84 Å². The molecule has 0 aliphatic carbocycles. The molecule has 0 unspecified atom stereocenters. The summed E-state index contributed by atoms with van der Waals surface area (Å²) >= 11 is 0. The first-order valence-corrected chi connectivity index (χ1v) is 5.01. The fourth-order valence-corrected chi connectivity index (χ4v) is 1.21. The number of hydrogen-bond donors (Lipinski definition) is 1. The molecule has 0 spiro atoms. The first-order chi connectivity index (χ1) is 8.06. The molecule has 0 amide bonds. The number of benzene rings is 1. The summed E-state index contributed by atoms with van der Waals surface area (Å²) < 4.78 is 5.08. The Morgan fingerprint density at radius 1 is 1.29 bits per heavy atom. The van der Waals surface area contributed by atoms with Crippen LogP contribution in [0.4, 0.5) is 5.69 Å². The standard InChI is InChI=1S/C12H14N2O3/c1-8(15)12(9(2)16)14-13-10-6-4-5-7-11(10)17-3/h4-7,15H,1-3H3/b12-8+,14-13?. The van der Waals surface area contributed by atoms with Gasteiger partial charge in [0.05, 0.1) is 7.11 Å². The summed E-state index contributed by atoms with van der Waals surface area (Å²) in [6.07, 6.45) is 0. The molecule has 1 aromatic carbocycles. The lowest BCUT2D eigenvalue weighted by Crippen LogP contribution is -1.96. The Kier molecular flexibility index (Phi) is 4.39. The molecular weight excluding hydrogens is 220 g/mol. The van der Waals surface area contributed by atoms with E-state index >= 15 is 0 Å². The molecule has 0 atom stereocenters. The molecule has 1 rings (SSSR count). The van der Waals surface area contributed by atoms with E-state index in [1.807, 2.05) is 0 Å². The average Bonchev–Trinajstić information content (AvgIpc) is 2.29. The van der Waals surface area contributed by atoms with Gasteiger partial charge in [-0.1, -0.05) is 12.1 Å². The molecule has 0 saturated heterocycles. The minimum Gasteiger partial charge on any atom is -0.510 e. The van der Waals surface area contributed by atoms with Gasteiger partial charge in [0, 0.05) is 6.92 Å². The zero-order valence-corrected chi connectivity index (χ0v) is 9.97. The van der Waals surface area contributed by atoms with E-state index in [1.165, 1.54) is 21.0 Å².